The predicted molar refractivity (Wildman–Crippen MR) is 206 cm³/mol. The van der Waals surface area contributed by atoms with E-state index in [1.165, 1.54) is 38.1 Å². The highest BCUT2D eigenvalue weighted by molar-refractivity contribution is 6.20. The van der Waals surface area contributed by atoms with Gasteiger partial charge in [0.05, 0.1) is 11.0 Å². The number of hydrogen-bond acceptors (Lipinski definition) is 2. The highest BCUT2D eigenvalue weighted by Crippen LogP contribution is 2.43. The van der Waals surface area contributed by atoms with Crippen LogP contribution in [0.3, 0.4) is 0 Å². The van der Waals surface area contributed by atoms with Gasteiger partial charge in [0.25, 0.3) is 0 Å². The maximum absolute atomic E-state index is 6.66. The average Bonchev–Trinajstić information content (AvgIpc) is 3.72. The lowest BCUT2D eigenvalue weighted by molar-refractivity contribution is 0.669. The third kappa shape index (κ3) is 4.37. The van der Waals surface area contributed by atoms with E-state index in [-0.39, 0.29) is 0 Å². The van der Waals surface area contributed by atoms with Crippen molar-refractivity contribution in [1.82, 2.24) is 4.57 Å². The van der Waals surface area contributed by atoms with Crippen LogP contribution in [0.5, 0.6) is 0 Å². The molecule has 3 heteroatoms. The number of furan rings is 1. The highest BCUT2D eigenvalue weighted by Gasteiger charge is 2.19. The van der Waals surface area contributed by atoms with Crippen LogP contribution in [0.1, 0.15) is 0 Å². The van der Waals surface area contributed by atoms with Crippen molar-refractivity contribution in [1.29, 1.82) is 0 Å². The van der Waals surface area contributed by atoms with Crippen molar-refractivity contribution in [2.24, 2.45) is 0 Å². The summed E-state index contributed by atoms with van der Waals surface area (Å²) in [5.41, 5.74) is 10.9. The Morgan fingerprint density at radius 2 is 1.10 bits per heavy atom. The summed E-state index contributed by atoms with van der Waals surface area (Å²) in [6, 6.07) is 64.8. The second kappa shape index (κ2) is 11.0. The Bertz CT molecular complexity index is 2770. The average molecular weight is 627 g/mol. The lowest BCUT2D eigenvalue weighted by Gasteiger charge is -2.25. The molecule has 0 spiro atoms. The molecule has 3 nitrogen and oxygen atoms in total. The van der Waals surface area contributed by atoms with Crippen molar-refractivity contribution < 1.29 is 4.42 Å². The summed E-state index contributed by atoms with van der Waals surface area (Å²) in [4.78, 5) is 2.31. The third-order valence-electron chi connectivity index (χ3n) is 9.74. The van der Waals surface area contributed by atoms with Gasteiger partial charge in [-0.1, -0.05) is 109 Å². The molecule has 49 heavy (non-hydrogen) atoms. The van der Waals surface area contributed by atoms with E-state index >= 15 is 0 Å². The fraction of sp³-hybridized carbons (Fsp3) is 0. The number of benzene rings is 8. The summed E-state index contributed by atoms with van der Waals surface area (Å²) in [5, 5.41) is 7.09. The zero-order valence-corrected chi connectivity index (χ0v) is 26.6. The van der Waals surface area contributed by atoms with Gasteiger partial charge in [-0.2, -0.15) is 0 Å². The number of para-hydroxylation sites is 5. The van der Waals surface area contributed by atoms with Crippen LogP contribution in [-0.4, -0.2) is 4.57 Å². The van der Waals surface area contributed by atoms with E-state index < -0.39 is 0 Å². The third-order valence-corrected chi connectivity index (χ3v) is 9.74. The van der Waals surface area contributed by atoms with E-state index in [0.717, 1.165) is 50.3 Å². The van der Waals surface area contributed by atoms with Gasteiger partial charge < -0.3 is 13.9 Å². The minimum absolute atomic E-state index is 0.882. The van der Waals surface area contributed by atoms with Crippen molar-refractivity contribution in [3.8, 4) is 16.8 Å². The van der Waals surface area contributed by atoms with Gasteiger partial charge in [0.1, 0.15) is 11.2 Å². The number of aromatic nitrogens is 1. The zero-order chi connectivity index (χ0) is 32.3. The SMILES string of the molecule is c1ccc(N(c2ccccc2)c2ccc3ccc4oc5cc(-c6cccc7c8ccccc8n(-c8ccccc8)c67)ccc5c4c3c2)cc1. The summed E-state index contributed by atoms with van der Waals surface area (Å²) >= 11 is 0. The summed E-state index contributed by atoms with van der Waals surface area (Å²) in [6.45, 7) is 0. The molecule has 2 aromatic heterocycles. The standard InChI is InChI=1S/C46H30N2O/c1-4-13-33(14-5-1)47(34-15-6-2-7-16-34)36-26-23-31-25-28-43-45(41(31)30-36)40-27-24-32(29-44(40)49-43)37-20-12-21-39-38-19-10-11-22-42(38)48(46(37)39)35-17-8-3-9-18-35/h1-30H. The second-order valence-corrected chi connectivity index (χ2v) is 12.6. The van der Waals surface area contributed by atoms with Gasteiger partial charge in [0.15, 0.2) is 0 Å². The molecule has 2 heterocycles. The van der Waals surface area contributed by atoms with Crippen molar-refractivity contribution in [3.05, 3.63) is 182 Å². The van der Waals surface area contributed by atoms with Crippen molar-refractivity contribution >= 4 is 71.6 Å². The molecule has 0 saturated heterocycles. The van der Waals surface area contributed by atoms with Gasteiger partial charge in [-0.3, -0.25) is 0 Å². The van der Waals surface area contributed by atoms with Crippen molar-refractivity contribution in [2.75, 3.05) is 4.90 Å². The van der Waals surface area contributed by atoms with Gasteiger partial charge in [-0.15, -0.1) is 0 Å². The molecule has 0 radical (unpaired) electrons. The molecule has 0 amide bonds. The zero-order valence-electron chi connectivity index (χ0n) is 26.6. The first-order valence-electron chi connectivity index (χ1n) is 16.7. The molecule has 10 aromatic rings. The first-order valence-corrected chi connectivity index (χ1v) is 16.7. The molecule has 0 aliphatic rings. The molecule has 0 bridgehead atoms. The lowest BCUT2D eigenvalue weighted by atomic mass is 9.99. The molecular formula is C46H30N2O. The summed E-state index contributed by atoms with van der Waals surface area (Å²) in [7, 11) is 0. The molecule has 10 rings (SSSR count). The molecule has 8 aromatic carbocycles. The molecule has 0 unspecified atom stereocenters. The van der Waals surface area contributed by atoms with E-state index in [9.17, 15) is 0 Å². The van der Waals surface area contributed by atoms with E-state index in [1.807, 2.05) is 0 Å². The second-order valence-electron chi connectivity index (χ2n) is 12.6. The molecule has 0 N–H and O–H groups in total. The quantitative estimate of drug-likeness (QED) is 0.190. The normalized spacial score (nSPS) is 11.7. The van der Waals surface area contributed by atoms with Crippen LogP contribution in [-0.2, 0) is 0 Å². The van der Waals surface area contributed by atoms with Crippen LogP contribution >= 0.6 is 0 Å². The number of fused-ring (bicyclic) bond motifs is 8. The Morgan fingerprint density at radius 3 is 1.88 bits per heavy atom. The maximum atomic E-state index is 6.66. The number of rotatable bonds is 5. The molecule has 230 valence electrons. The van der Waals surface area contributed by atoms with Gasteiger partial charge >= 0.3 is 0 Å². The molecule has 0 saturated carbocycles. The smallest absolute Gasteiger partial charge is 0.136 e. The first-order chi connectivity index (χ1) is 24.3. The van der Waals surface area contributed by atoms with E-state index in [2.05, 4.69) is 191 Å². The summed E-state index contributed by atoms with van der Waals surface area (Å²) < 4.78 is 9.05. The van der Waals surface area contributed by atoms with Gasteiger partial charge in [0, 0.05) is 49.9 Å². The van der Waals surface area contributed by atoms with Crippen molar-refractivity contribution in [3.63, 3.8) is 0 Å². The van der Waals surface area contributed by atoms with Crippen LogP contribution < -0.4 is 4.90 Å². The van der Waals surface area contributed by atoms with Crippen LogP contribution in [0.4, 0.5) is 17.1 Å². The van der Waals surface area contributed by atoms with Gasteiger partial charge in [-0.25, -0.2) is 0 Å². The topological polar surface area (TPSA) is 21.3 Å². The predicted octanol–water partition coefficient (Wildman–Crippen LogP) is 13.0. The van der Waals surface area contributed by atoms with Gasteiger partial charge in [0.2, 0.25) is 0 Å². The Morgan fingerprint density at radius 1 is 0.429 bits per heavy atom. The fourth-order valence-corrected chi connectivity index (χ4v) is 7.59. The Balaban J connectivity index is 1.18. The van der Waals surface area contributed by atoms with Crippen LogP contribution in [0.15, 0.2) is 186 Å². The van der Waals surface area contributed by atoms with Crippen LogP contribution in [0, 0.1) is 0 Å². The van der Waals surface area contributed by atoms with Gasteiger partial charge in [-0.05, 0) is 89.1 Å². The molecule has 0 atom stereocenters. The Hall–Kier alpha value is -6.58. The largest absolute Gasteiger partial charge is 0.456 e. The minimum atomic E-state index is 0.882. The van der Waals surface area contributed by atoms with E-state index in [4.69, 9.17) is 4.42 Å². The Labute approximate surface area is 283 Å². The van der Waals surface area contributed by atoms with E-state index in [1.54, 1.807) is 0 Å². The number of nitrogens with zero attached hydrogens (tertiary/aromatic N) is 2. The molecule has 0 fully saturated rings. The first kappa shape index (κ1) is 27.5. The van der Waals surface area contributed by atoms with Crippen LogP contribution in [0.2, 0.25) is 0 Å². The highest BCUT2D eigenvalue weighted by atomic mass is 16.3. The minimum Gasteiger partial charge on any atom is -0.456 e. The summed E-state index contributed by atoms with van der Waals surface area (Å²) in [6.07, 6.45) is 0. The van der Waals surface area contributed by atoms with Crippen LogP contribution in [0.25, 0.3) is 71.3 Å². The van der Waals surface area contributed by atoms with Crippen molar-refractivity contribution in [2.45, 2.75) is 0 Å². The number of anilines is 3. The summed E-state index contributed by atoms with van der Waals surface area (Å²) in [5.74, 6) is 0. The van der Waals surface area contributed by atoms with E-state index in [0.29, 0.717) is 0 Å². The molecule has 0 aliphatic carbocycles. The number of hydrogen-bond donors (Lipinski definition) is 0. The Kier molecular flexibility index (Phi) is 6.18. The lowest BCUT2D eigenvalue weighted by Crippen LogP contribution is -2.09. The molecule has 0 aliphatic heterocycles. The fourth-order valence-electron chi connectivity index (χ4n) is 7.59. The maximum Gasteiger partial charge on any atom is 0.136 e. The monoisotopic (exact) mass is 626 g/mol. The molecular weight excluding hydrogens is 597 g/mol.